The largest absolute Gasteiger partial charge is 0.365 e. The molecule has 148 valence electrons. The zero-order valence-corrected chi connectivity index (χ0v) is 17.4. The molecule has 0 bridgehead atoms. The van der Waals surface area contributed by atoms with E-state index in [9.17, 15) is 4.79 Å². The van der Waals surface area contributed by atoms with Crippen molar-refractivity contribution in [2.24, 2.45) is 0 Å². The fourth-order valence-corrected chi connectivity index (χ4v) is 5.29. The summed E-state index contributed by atoms with van der Waals surface area (Å²) in [7, 11) is 0. The molecular weight excluding hydrogens is 382 g/mol. The Balaban J connectivity index is 1.36. The van der Waals surface area contributed by atoms with E-state index in [1.807, 2.05) is 23.1 Å². The van der Waals surface area contributed by atoms with Gasteiger partial charge in [0.1, 0.15) is 0 Å². The zero-order valence-electron chi connectivity index (χ0n) is 16.6. The summed E-state index contributed by atoms with van der Waals surface area (Å²) in [5, 5.41) is 4.19. The van der Waals surface area contributed by atoms with Gasteiger partial charge >= 0.3 is 0 Å². The third-order valence-electron chi connectivity index (χ3n) is 5.74. The van der Waals surface area contributed by atoms with Crippen LogP contribution in [-0.2, 0) is 5.75 Å². The van der Waals surface area contributed by atoms with E-state index in [0.717, 1.165) is 29.2 Å². The maximum absolute atomic E-state index is 13.3. The van der Waals surface area contributed by atoms with Gasteiger partial charge in [0, 0.05) is 53.1 Å². The Morgan fingerprint density at radius 3 is 2.86 bits per heavy atom. The van der Waals surface area contributed by atoms with Gasteiger partial charge in [-0.25, -0.2) is 0 Å². The first-order valence-corrected chi connectivity index (χ1v) is 10.9. The Labute approximate surface area is 174 Å². The smallest absolute Gasteiger partial charge is 0.276 e. The second-order valence-electron chi connectivity index (χ2n) is 7.76. The van der Waals surface area contributed by atoms with E-state index in [-0.39, 0.29) is 11.9 Å². The normalized spacial score (nSPS) is 18.3. The van der Waals surface area contributed by atoms with E-state index in [0.29, 0.717) is 18.8 Å². The van der Waals surface area contributed by atoms with Crippen molar-refractivity contribution < 1.29 is 9.32 Å². The van der Waals surface area contributed by atoms with Crippen LogP contribution in [0, 0.1) is 6.92 Å². The summed E-state index contributed by atoms with van der Waals surface area (Å²) < 4.78 is 5.63. The van der Waals surface area contributed by atoms with Crippen LogP contribution in [0.2, 0.25) is 0 Å². The highest BCUT2D eigenvalue weighted by molar-refractivity contribution is 7.98. The summed E-state index contributed by atoms with van der Waals surface area (Å²) >= 11 is 1.73. The molecule has 3 heterocycles. The molecule has 2 aliphatic heterocycles. The second-order valence-corrected chi connectivity index (χ2v) is 8.77. The van der Waals surface area contributed by atoms with Crippen molar-refractivity contribution in [3.63, 3.8) is 0 Å². The van der Waals surface area contributed by atoms with Crippen LogP contribution < -0.4 is 4.90 Å². The van der Waals surface area contributed by atoms with Gasteiger partial charge in [-0.2, -0.15) is 0 Å². The molecule has 3 aromatic rings. The van der Waals surface area contributed by atoms with Gasteiger partial charge in [0.2, 0.25) is 0 Å². The molecule has 0 aliphatic carbocycles. The average molecular weight is 406 g/mol. The number of hydrogen-bond donors (Lipinski definition) is 0. The lowest BCUT2D eigenvalue weighted by atomic mass is 10.1. The second kappa shape index (κ2) is 7.26. The molecule has 0 radical (unpaired) electrons. The Morgan fingerprint density at radius 1 is 1.17 bits per heavy atom. The average Bonchev–Trinajstić information content (AvgIpc) is 3.18. The van der Waals surface area contributed by atoms with Gasteiger partial charge in [-0.15, -0.1) is 11.8 Å². The monoisotopic (exact) mass is 405 g/mol. The molecule has 5 nitrogen and oxygen atoms in total. The van der Waals surface area contributed by atoms with Crippen molar-refractivity contribution in [2.75, 3.05) is 24.5 Å². The fourth-order valence-electron chi connectivity index (χ4n) is 4.23. The number of hydrogen-bond acceptors (Lipinski definition) is 5. The van der Waals surface area contributed by atoms with Crippen LogP contribution >= 0.6 is 11.8 Å². The molecule has 1 amide bonds. The first-order chi connectivity index (χ1) is 14.1. The van der Waals surface area contributed by atoms with Gasteiger partial charge < -0.3 is 14.3 Å². The number of carbonyl (C=O) groups is 1. The van der Waals surface area contributed by atoms with Gasteiger partial charge in [0.15, 0.2) is 11.5 Å². The predicted octanol–water partition coefficient (Wildman–Crippen LogP) is 4.61. The van der Waals surface area contributed by atoms with Gasteiger partial charge in [-0.3, -0.25) is 4.79 Å². The van der Waals surface area contributed by atoms with Crippen molar-refractivity contribution in [2.45, 2.75) is 30.5 Å². The third kappa shape index (κ3) is 3.21. The quantitative estimate of drug-likeness (QED) is 0.623. The predicted molar refractivity (Wildman–Crippen MR) is 115 cm³/mol. The SMILES string of the molecule is Cc1cccc(N2CCN(C(=O)c3noc4c3CSc3ccccc3-4)CC2C)c1. The number of thioether (sulfide) groups is 1. The Hall–Kier alpha value is -2.73. The first-order valence-electron chi connectivity index (χ1n) is 9.95. The number of aromatic nitrogens is 1. The first kappa shape index (κ1) is 18.3. The number of piperazine rings is 1. The molecule has 2 aliphatic rings. The summed E-state index contributed by atoms with van der Waals surface area (Å²) in [6.07, 6.45) is 0. The molecular formula is C23H23N3O2S. The summed E-state index contributed by atoms with van der Waals surface area (Å²) in [6.45, 7) is 6.46. The summed E-state index contributed by atoms with van der Waals surface area (Å²) in [6, 6.07) is 16.9. The van der Waals surface area contributed by atoms with Crippen molar-refractivity contribution in [3.8, 4) is 11.3 Å². The zero-order chi connectivity index (χ0) is 20.0. The van der Waals surface area contributed by atoms with Crippen LogP contribution in [0.3, 0.4) is 0 Å². The van der Waals surface area contributed by atoms with E-state index in [2.05, 4.69) is 54.2 Å². The number of amides is 1. The van der Waals surface area contributed by atoms with Crippen molar-refractivity contribution in [1.29, 1.82) is 0 Å². The Morgan fingerprint density at radius 2 is 2.03 bits per heavy atom. The summed E-state index contributed by atoms with van der Waals surface area (Å²) in [5.41, 5.74) is 4.89. The lowest BCUT2D eigenvalue weighted by Crippen LogP contribution is -2.54. The third-order valence-corrected chi connectivity index (χ3v) is 6.84. The maximum atomic E-state index is 13.3. The topological polar surface area (TPSA) is 49.6 Å². The molecule has 2 aromatic carbocycles. The summed E-state index contributed by atoms with van der Waals surface area (Å²) in [4.78, 5) is 18.7. The number of fused-ring (bicyclic) bond motifs is 3. The van der Waals surface area contributed by atoms with Gasteiger partial charge in [-0.1, -0.05) is 29.4 Å². The van der Waals surface area contributed by atoms with E-state index in [1.54, 1.807) is 11.8 Å². The maximum Gasteiger partial charge on any atom is 0.276 e. The number of nitrogens with zero attached hydrogens (tertiary/aromatic N) is 3. The minimum absolute atomic E-state index is 0.0225. The summed E-state index contributed by atoms with van der Waals surface area (Å²) in [5.74, 6) is 1.44. The molecule has 1 saturated heterocycles. The van der Waals surface area contributed by atoms with Crippen molar-refractivity contribution in [1.82, 2.24) is 10.1 Å². The number of benzene rings is 2. The van der Waals surface area contributed by atoms with Crippen LogP contribution in [0.4, 0.5) is 5.69 Å². The molecule has 0 spiro atoms. The fraction of sp³-hybridized carbons (Fsp3) is 0.304. The molecule has 1 unspecified atom stereocenters. The standard InChI is InChI=1S/C23H23N3O2S/c1-15-6-5-7-17(12-15)26-11-10-25(13-16(26)2)23(27)21-19-14-29-20-9-4-3-8-18(20)22(19)28-24-21/h3-9,12,16H,10-11,13-14H2,1-2H3. The minimum Gasteiger partial charge on any atom is -0.365 e. The van der Waals surface area contributed by atoms with Gasteiger partial charge in [-0.05, 0) is 43.7 Å². The number of rotatable bonds is 2. The van der Waals surface area contributed by atoms with E-state index in [1.165, 1.54) is 16.1 Å². The highest BCUT2D eigenvalue weighted by Crippen LogP contribution is 2.42. The van der Waals surface area contributed by atoms with Crippen molar-refractivity contribution >= 4 is 23.4 Å². The minimum atomic E-state index is -0.0225. The van der Waals surface area contributed by atoms with Crippen LogP contribution in [0.1, 0.15) is 28.5 Å². The van der Waals surface area contributed by atoms with E-state index >= 15 is 0 Å². The van der Waals surface area contributed by atoms with Crippen LogP contribution in [0.15, 0.2) is 57.9 Å². The molecule has 29 heavy (non-hydrogen) atoms. The van der Waals surface area contributed by atoms with Gasteiger partial charge in [0.05, 0.1) is 0 Å². The molecule has 0 saturated carbocycles. The lowest BCUT2D eigenvalue weighted by molar-refractivity contribution is 0.0715. The number of anilines is 1. The van der Waals surface area contributed by atoms with Crippen LogP contribution in [0.25, 0.3) is 11.3 Å². The van der Waals surface area contributed by atoms with Crippen LogP contribution in [-0.4, -0.2) is 41.6 Å². The molecule has 1 fully saturated rings. The lowest BCUT2D eigenvalue weighted by Gasteiger charge is -2.41. The molecule has 1 aromatic heterocycles. The molecule has 1 atom stereocenters. The van der Waals surface area contributed by atoms with Gasteiger partial charge in [0.25, 0.3) is 5.91 Å². The molecule has 5 rings (SSSR count). The molecule has 0 N–H and O–H groups in total. The Bertz CT molecular complexity index is 1080. The number of aryl methyl sites for hydroxylation is 1. The van der Waals surface area contributed by atoms with E-state index in [4.69, 9.17) is 4.52 Å². The van der Waals surface area contributed by atoms with E-state index < -0.39 is 0 Å². The highest BCUT2D eigenvalue weighted by atomic mass is 32.2. The van der Waals surface area contributed by atoms with Crippen molar-refractivity contribution in [3.05, 3.63) is 65.4 Å². The highest BCUT2D eigenvalue weighted by Gasteiger charge is 2.33. The molecule has 6 heteroatoms. The Kier molecular flexibility index (Phi) is 4.59. The van der Waals surface area contributed by atoms with Crippen LogP contribution in [0.5, 0.6) is 0 Å². The number of carbonyl (C=O) groups excluding carboxylic acids is 1.